The summed E-state index contributed by atoms with van der Waals surface area (Å²) < 4.78 is 32.1. The van der Waals surface area contributed by atoms with Crippen LogP contribution in [0.5, 0.6) is 5.75 Å². The molecule has 5 nitrogen and oxygen atoms in total. The summed E-state index contributed by atoms with van der Waals surface area (Å²) in [5, 5.41) is 0. The van der Waals surface area contributed by atoms with E-state index in [4.69, 9.17) is 10.5 Å². The molecule has 1 aromatic carbocycles. The van der Waals surface area contributed by atoms with Crippen molar-refractivity contribution < 1.29 is 13.2 Å². The zero-order valence-corrected chi connectivity index (χ0v) is 11.2. The van der Waals surface area contributed by atoms with Crippen LogP contribution < -0.4 is 15.2 Å². The number of benzene rings is 1. The van der Waals surface area contributed by atoms with Crippen LogP contribution in [0.1, 0.15) is 19.3 Å². The minimum Gasteiger partial charge on any atom is -0.497 e. The van der Waals surface area contributed by atoms with Crippen molar-refractivity contribution in [2.24, 2.45) is 5.73 Å². The first kappa shape index (κ1) is 13.3. The quantitative estimate of drug-likeness (QED) is 0.831. The molecule has 1 aliphatic rings. The number of ether oxygens (including phenoxy) is 1. The van der Waals surface area contributed by atoms with E-state index >= 15 is 0 Å². The van der Waals surface area contributed by atoms with Gasteiger partial charge in [0.2, 0.25) is 10.0 Å². The normalized spacial score (nSPS) is 18.1. The molecule has 0 heterocycles. The van der Waals surface area contributed by atoms with Crippen LogP contribution in [-0.4, -0.2) is 27.6 Å². The molecule has 0 amide bonds. The molecule has 0 aliphatic heterocycles. The first-order valence-corrected chi connectivity index (χ1v) is 7.38. The molecule has 0 unspecified atom stereocenters. The number of nitrogens with one attached hydrogen (secondary N) is 1. The standard InChI is InChI=1S/C12H18N2O3S/c1-17-10-3-5-11(6-4-10)18(15,16)14-12(9-13)7-2-8-12/h3-6,14H,2,7-9,13H2,1H3. The lowest BCUT2D eigenvalue weighted by Gasteiger charge is -2.41. The van der Waals surface area contributed by atoms with Crippen molar-refractivity contribution in [1.29, 1.82) is 0 Å². The number of hydrogen-bond acceptors (Lipinski definition) is 4. The summed E-state index contributed by atoms with van der Waals surface area (Å²) in [6, 6.07) is 6.32. The zero-order chi connectivity index (χ0) is 13.2. The molecule has 0 saturated heterocycles. The second-order valence-corrected chi connectivity index (χ2v) is 6.30. The van der Waals surface area contributed by atoms with E-state index in [0.29, 0.717) is 12.3 Å². The van der Waals surface area contributed by atoms with Crippen molar-refractivity contribution in [2.75, 3.05) is 13.7 Å². The molecule has 0 radical (unpaired) electrons. The van der Waals surface area contributed by atoms with E-state index in [-0.39, 0.29) is 4.90 Å². The monoisotopic (exact) mass is 270 g/mol. The second kappa shape index (κ2) is 4.87. The third-order valence-electron chi connectivity index (χ3n) is 3.42. The number of methoxy groups -OCH3 is 1. The van der Waals surface area contributed by atoms with Crippen molar-refractivity contribution in [1.82, 2.24) is 4.72 Å². The van der Waals surface area contributed by atoms with Gasteiger partial charge in [0.1, 0.15) is 5.75 Å². The summed E-state index contributed by atoms with van der Waals surface area (Å²) in [5.41, 5.74) is 5.21. The van der Waals surface area contributed by atoms with E-state index in [9.17, 15) is 8.42 Å². The fourth-order valence-corrected chi connectivity index (χ4v) is 3.52. The molecule has 100 valence electrons. The van der Waals surface area contributed by atoms with Crippen LogP contribution >= 0.6 is 0 Å². The fraction of sp³-hybridized carbons (Fsp3) is 0.500. The summed E-state index contributed by atoms with van der Waals surface area (Å²) >= 11 is 0. The van der Waals surface area contributed by atoms with Gasteiger partial charge in [0.25, 0.3) is 0 Å². The highest BCUT2D eigenvalue weighted by molar-refractivity contribution is 7.89. The highest BCUT2D eigenvalue weighted by Gasteiger charge is 2.39. The van der Waals surface area contributed by atoms with Gasteiger partial charge in [-0.1, -0.05) is 0 Å². The molecule has 1 saturated carbocycles. The topological polar surface area (TPSA) is 81.4 Å². The Morgan fingerprint density at radius 1 is 1.33 bits per heavy atom. The minimum absolute atomic E-state index is 0.239. The smallest absolute Gasteiger partial charge is 0.241 e. The number of rotatable bonds is 5. The largest absolute Gasteiger partial charge is 0.497 e. The zero-order valence-electron chi connectivity index (χ0n) is 10.3. The molecule has 2 rings (SSSR count). The first-order valence-electron chi connectivity index (χ1n) is 5.89. The van der Waals surface area contributed by atoms with Gasteiger partial charge in [-0.25, -0.2) is 13.1 Å². The van der Waals surface area contributed by atoms with Crippen molar-refractivity contribution in [2.45, 2.75) is 29.7 Å². The van der Waals surface area contributed by atoms with Crippen molar-refractivity contribution in [3.05, 3.63) is 24.3 Å². The molecule has 0 aromatic heterocycles. The van der Waals surface area contributed by atoms with Crippen LogP contribution in [0.2, 0.25) is 0 Å². The summed E-state index contributed by atoms with van der Waals surface area (Å²) in [6.45, 7) is 0.336. The molecule has 1 fully saturated rings. The van der Waals surface area contributed by atoms with Gasteiger partial charge in [0, 0.05) is 12.1 Å². The fourth-order valence-electron chi connectivity index (χ4n) is 2.05. The predicted octanol–water partition coefficient (Wildman–Crippen LogP) is 0.855. The molecule has 0 spiro atoms. The van der Waals surface area contributed by atoms with Crippen LogP contribution in [0, 0.1) is 0 Å². The van der Waals surface area contributed by atoms with Crippen LogP contribution in [0.25, 0.3) is 0 Å². The lowest BCUT2D eigenvalue weighted by molar-refractivity contribution is 0.230. The minimum atomic E-state index is -3.50. The Morgan fingerprint density at radius 3 is 2.33 bits per heavy atom. The van der Waals surface area contributed by atoms with Gasteiger partial charge in [-0.3, -0.25) is 0 Å². The third kappa shape index (κ3) is 2.50. The maximum Gasteiger partial charge on any atom is 0.241 e. The van der Waals surface area contributed by atoms with Crippen LogP contribution in [-0.2, 0) is 10.0 Å². The lowest BCUT2D eigenvalue weighted by Crippen LogP contribution is -2.58. The Bertz CT molecular complexity index is 501. The molecule has 0 bridgehead atoms. The Balaban J connectivity index is 2.19. The molecular weight excluding hydrogens is 252 g/mol. The van der Waals surface area contributed by atoms with Crippen LogP contribution in [0.4, 0.5) is 0 Å². The van der Waals surface area contributed by atoms with E-state index in [1.165, 1.54) is 12.1 Å². The van der Waals surface area contributed by atoms with E-state index < -0.39 is 15.6 Å². The predicted molar refractivity (Wildman–Crippen MR) is 69.0 cm³/mol. The maximum absolute atomic E-state index is 12.2. The molecule has 1 aromatic rings. The van der Waals surface area contributed by atoms with Gasteiger partial charge in [-0.15, -0.1) is 0 Å². The molecule has 18 heavy (non-hydrogen) atoms. The van der Waals surface area contributed by atoms with Gasteiger partial charge in [0.05, 0.1) is 12.0 Å². The second-order valence-electron chi connectivity index (χ2n) is 4.62. The lowest BCUT2D eigenvalue weighted by atomic mass is 9.78. The van der Waals surface area contributed by atoms with Gasteiger partial charge in [0.15, 0.2) is 0 Å². The molecule has 3 N–H and O–H groups in total. The van der Waals surface area contributed by atoms with E-state index in [2.05, 4.69) is 4.72 Å². The Morgan fingerprint density at radius 2 is 1.94 bits per heavy atom. The van der Waals surface area contributed by atoms with E-state index in [1.54, 1.807) is 19.2 Å². The summed E-state index contributed by atoms with van der Waals surface area (Å²) in [6.07, 6.45) is 2.63. The molecule has 1 aliphatic carbocycles. The van der Waals surface area contributed by atoms with Gasteiger partial charge in [-0.2, -0.15) is 0 Å². The molecular formula is C12H18N2O3S. The summed E-state index contributed by atoms with van der Waals surface area (Å²) in [7, 11) is -1.96. The Kier molecular flexibility index (Phi) is 3.61. The van der Waals surface area contributed by atoms with Crippen molar-refractivity contribution in [3.63, 3.8) is 0 Å². The number of sulfonamides is 1. The average molecular weight is 270 g/mol. The van der Waals surface area contributed by atoms with Gasteiger partial charge < -0.3 is 10.5 Å². The first-order chi connectivity index (χ1) is 8.51. The summed E-state index contributed by atoms with van der Waals surface area (Å²) in [5.74, 6) is 0.631. The van der Waals surface area contributed by atoms with E-state index in [0.717, 1.165) is 19.3 Å². The highest BCUT2D eigenvalue weighted by Crippen LogP contribution is 2.32. The van der Waals surface area contributed by atoms with Gasteiger partial charge >= 0.3 is 0 Å². The maximum atomic E-state index is 12.2. The van der Waals surface area contributed by atoms with E-state index in [1.807, 2.05) is 0 Å². The Labute approximate surface area is 107 Å². The van der Waals surface area contributed by atoms with Crippen LogP contribution in [0.3, 0.4) is 0 Å². The van der Waals surface area contributed by atoms with Crippen molar-refractivity contribution >= 4 is 10.0 Å². The number of nitrogens with two attached hydrogens (primary N) is 1. The number of hydrogen-bond donors (Lipinski definition) is 2. The SMILES string of the molecule is COc1ccc(S(=O)(=O)NC2(CN)CCC2)cc1. The third-order valence-corrected chi connectivity index (χ3v) is 5.02. The average Bonchev–Trinajstić information content (AvgIpc) is 2.34. The van der Waals surface area contributed by atoms with Crippen molar-refractivity contribution in [3.8, 4) is 5.75 Å². The van der Waals surface area contributed by atoms with Gasteiger partial charge in [-0.05, 0) is 43.5 Å². The van der Waals surface area contributed by atoms with Crippen LogP contribution in [0.15, 0.2) is 29.2 Å². The Hall–Kier alpha value is -1.11. The molecule has 0 atom stereocenters. The summed E-state index contributed by atoms with van der Waals surface area (Å²) in [4.78, 5) is 0.239. The highest BCUT2D eigenvalue weighted by atomic mass is 32.2. The molecule has 6 heteroatoms.